The second-order valence-electron chi connectivity index (χ2n) is 1.90. The van der Waals surface area contributed by atoms with E-state index in [0.717, 1.165) is 0 Å². The van der Waals surface area contributed by atoms with Crippen molar-refractivity contribution in [3.8, 4) is 18.2 Å². The topological polar surface area (TPSA) is 97.4 Å². The maximum Gasteiger partial charge on any atom is 0.149 e. The van der Waals surface area contributed by atoms with Gasteiger partial charge in [0.25, 0.3) is 0 Å². The van der Waals surface area contributed by atoms with Crippen molar-refractivity contribution < 1.29 is 0 Å². The van der Waals surface area contributed by atoms with E-state index < -0.39 is 5.92 Å². The molecule has 0 aliphatic carbocycles. The summed E-state index contributed by atoms with van der Waals surface area (Å²) >= 11 is 0. The highest BCUT2D eigenvalue weighted by molar-refractivity contribution is 5.40. The molecule has 0 saturated heterocycles. The number of nitrogens with two attached hydrogens (primary N) is 1. The average Bonchev–Trinajstić information content (AvgIpc) is 2.05. The van der Waals surface area contributed by atoms with E-state index in [4.69, 9.17) is 21.5 Å². The molecule has 0 bridgehead atoms. The van der Waals surface area contributed by atoms with Gasteiger partial charge in [0.15, 0.2) is 0 Å². The van der Waals surface area contributed by atoms with Gasteiger partial charge in [0, 0.05) is 0 Å². The minimum Gasteiger partial charge on any atom is -0.399 e. The maximum absolute atomic E-state index is 8.36. The molecule has 0 aliphatic rings. The van der Waals surface area contributed by atoms with Gasteiger partial charge in [-0.2, -0.15) is 15.8 Å². The van der Waals surface area contributed by atoms with Crippen LogP contribution in [0.3, 0.4) is 0 Å². The zero-order chi connectivity index (χ0) is 8.85. The fourth-order valence-electron chi connectivity index (χ4n) is 0.440. The Morgan fingerprint density at radius 1 is 1.27 bits per heavy atom. The van der Waals surface area contributed by atoms with Crippen molar-refractivity contribution in [2.24, 2.45) is 11.7 Å². The summed E-state index contributed by atoms with van der Waals surface area (Å²) < 4.78 is 0. The molecular weight excluding hydrogens is 140 g/mol. The summed E-state index contributed by atoms with van der Waals surface area (Å²) in [7, 11) is 0. The van der Waals surface area contributed by atoms with Gasteiger partial charge in [0.2, 0.25) is 0 Å². The number of nitriles is 3. The van der Waals surface area contributed by atoms with Crippen LogP contribution in [0.15, 0.2) is 11.3 Å². The first-order valence-electron chi connectivity index (χ1n) is 2.86. The molecule has 0 aliphatic heterocycles. The van der Waals surface area contributed by atoms with E-state index in [1.54, 1.807) is 12.1 Å². The molecule has 0 spiro atoms. The molecule has 0 radical (unpaired) electrons. The largest absolute Gasteiger partial charge is 0.399 e. The van der Waals surface area contributed by atoms with E-state index in [-0.39, 0.29) is 11.3 Å². The minimum atomic E-state index is -0.579. The second-order valence-corrected chi connectivity index (χ2v) is 1.90. The molecule has 0 aromatic carbocycles. The zero-order valence-corrected chi connectivity index (χ0v) is 6.00. The molecule has 54 valence electrons. The molecule has 0 amide bonds. The first-order chi connectivity index (χ1) is 5.17. The Morgan fingerprint density at radius 2 is 1.73 bits per heavy atom. The molecular formula is C7H6N4. The highest BCUT2D eigenvalue weighted by atomic mass is 14.6. The number of rotatable bonds is 1. The van der Waals surface area contributed by atoms with Crippen LogP contribution >= 0.6 is 0 Å². The van der Waals surface area contributed by atoms with Crippen molar-refractivity contribution in [3.63, 3.8) is 0 Å². The van der Waals surface area contributed by atoms with Gasteiger partial charge in [-0.1, -0.05) is 0 Å². The summed E-state index contributed by atoms with van der Waals surface area (Å²) in [5, 5.41) is 25.0. The van der Waals surface area contributed by atoms with Crippen LogP contribution in [0.2, 0.25) is 0 Å². The van der Waals surface area contributed by atoms with Crippen LogP contribution in [0, 0.1) is 39.9 Å². The first-order valence-corrected chi connectivity index (χ1v) is 2.86. The summed E-state index contributed by atoms with van der Waals surface area (Å²) in [6.07, 6.45) is 0. The fraction of sp³-hybridized carbons (Fsp3) is 0.286. The van der Waals surface area contributed by atoms with E-state index in [0.29, 0.717) is 0 Å². The molecule has 0 aromatic rings. The van der Waals surface area contributed by atoms with E-state index in [9.17, 15) is 0 Å². The van der Waals surface area contributed by atoms with Crippen molar-refractivity contribution in [2.45, 2.75) is 6.92 Å². The minimum absolute atomic E-state index is 0.0394. The Morgan fingerprint density at radius 3 is 2.00 bits per heavy atom. The highest BCUT2D eigenvalue weighted by Crippen LogP contribution is 2.06. The van der Waals surface area contributed by atoms with E-state index in [2.05, 4.69) is 0 Å². The van der Waals surface area contributed by atoms with Gasteiger partial charge in [0.05, 0.1) is 17.7 Å². The van der Waals surface area contributed by atoms with Crippen LogP contribution < -0.4 is 5.73 Å². The quantitative estimate of drug-likeness (QED) is 0.541. The summed E-state index contributed by atoms with van der Waals surface area (Å²) in [5.74, 6) is -0.579. The van der Waals surface area contributed by atoms with E-state index in [1.165, 1.54) is 6.92 Å². The van der Waals surface area contributed by atoms with Crippen LogP contribution in [0.25, 0.3) is 0 Å². The van der Waals surface area contributed by atoms with Gasteiger partial charge >= 0.3 is 0 Å². The van der Waals surface area contributed by atoms with Gasteiger partial charge in [-0.25, -0.2) is 0 Å². The molecule has 1 atom stereocenters. The molecule has 0 aromatic heterocycles. The average molecular weight is 146 g/mol. The molecule has 0 fully saturated rings. The van der Waals surface area contributed by atoms with Gasteiger partial charge in [-0.15, -0.1) is 0 Å². The smallest absolute Gasteiger partial charge is 0.149 e. The SMILES string of the molecule is C[C@@H](C#N)C(N)=C(C#N)C#N. The van der Waals surface area contributed by atoms with Crippen LogP contribution in [-0.2, 0) is 0 Å². The lowest BCUT2D eigenvalue weighted by molar-refractivity contribution is 0.856. The molecule has 2 N–H and O–H groups in total. The van der Waals surface area contributed by atoms with Crippen molar-refractivity contribution in [2.75, 3.05) is 0 Å². The van der Waals surface area contributed by atoms with Crippen LogP contribution in [0.1, 0.15) is 6.92 Å². The monoisotopic (exact) mass is 146 g/mol. The van der Waals surface area contributed by atoms with Gasteiger partial charge in [-0.05, 0) is 6.92 Å². The predicted octanol–water partition coefficient (Wildman–Crippen LogP) is 0.406. The van der Waals surface area contributed by atoms with Crippen LogP contribution in [0.4, 0.5) is 0 Å². The maximum atomic E-state index is 8.36. The number of nitrogens with zero attached hydrogens (tertiary/aromatic N) is 3. The molecule has 0 unspecified atom stereocenters. The summed E-state index contributed by atoms with van der Waals surface area (Å²) in [5.41, 5.74) is 5.16. The third kappa shape index (κ3) is 2.01. The number of hydrogen-bond donors (Lipinski definition) is 1. The van der Waals surface area contributed by atoms with E-state index in [1.807, 2.05) is 6.07 Å². The van der Waals surface area contributed by atoms with Gasteiger partial charge in [-0.3, -0.25) is 0 Å². The highest BCUT2D eigenvalue weighted by Gasteiger charge is 2.08. The molecule has 4 heteroatoms. The third-order valence-electron chi connectivity index (χ3n) is 1.17. The van der Waals surface area contributed by atoms with Crippen molar-refractivity contribution in [1.82, 2.24) is 0 Å². The predicted molar refractivity (Wildman–Crippen MR) is 37.2 cm³/mol. The number of hydrogen-bond acceptors (Lipinski definition) is 4. The molecule has 4 nitrogen and oxygen atoms in total. The summed E-state index contributed by atoms with van der Waals surface area (Å²) in [6, 6.07) is 5.05. The lowest BCUT2D eigenvalue weighted by Gasteiger charge is -1.99. The molecule has 0 heterocycles. The standard InChI is InChI=1S/C7H6N4/c1-5(2-8)7(11)6(3-9)4-10/h5H,11H2,1H3/t5-/m0/s1. The third-order valence-corrected chi connectivity index (χ3v) is 1.17. The first kappa shape index (κ1) is 9.01. The van der Waals surface area contributed by atoms with Crippen molar-refractivity contribution in [3.05, 3.63) is 11.3 Å². The second kappa shape index (κ2) is 3.93. The normalized spacial score (nSPS) is 10.0. The zero-order valence-electron chi connectivity index (χ0n) is 6.00. The van der Waals surface area contributed by atoms with Gasteiger partial charge in [0.1, 0.15) is 17.7 Å². The number of allylic oxidation sites excluding steroid dienone is 2. The van der Waals surface area contributed by atoms with Gasteiger partial charge < -0.3 is 5.73 Å². The van der Waals surface area contributed by atoms with Crippen LogP contribution in [0.5, 0.6) is 0 Å². The Labute approximate surface area is 64.8 Å². The Kier molecular flexibility index (Phi) is 3.22. The van der Waals surface area contributed by atoms with Crippen molar-refractivity contribution >= 4 is 0 Å². The summed E-state index contributed by atoms with van der Waals surface area (Å²) in [6.45, 7) is 1.53. The lowest BCUT2D eigenvalue weighted by atomic mass is 10.1. The lowest BCUT2D eigenvalue weighted by Crippen LogP contribution is -2.09. The Bertz CT molecular complexity index is 278. The Hall–Kier alpha value is -1.99. The molecule has 11 heavy (non-hydrogen) atoms. The van der Waals surface area contributed by atoms with Crippen LogP contribution in [-0.4, -0.2) is 0 Å². The Balaban J connectivity index is 4.87. The molecule has 0 rings (SSSR count). The fourth-order valence-corrected chi connectivity index (χ4v) is 0.440. The molecule has 0 saturated carbocycles. The van der Waals surface area contributed by atoms with E-state index >= 15 is 0 Å². The van der Waals surface area contributed by atoms with Crippen molar-refractivity contribution in [1.29, 1.82) is 15.8 Å². The summed E-state index contributed by atoms with van der Waals surface area (Å²) in [4.78, 5) is 0.